The number of morpholine rings is 1. The van der Waals surface area contributed by atoms with Crippen LogP contribution in [0.3, 0.4) is 0 Å². The van der Waals surface area contributed by atoms with Crippen LogP contribution < -0.4 is 4.72 Å². The van der Waals surface area contributed by atoms with Gasteiger partial charge in [0.25, 0.3) is 0 Å². The third-order valence-corrected chi connectivity index (χ3v) is 6.75. The summed E-state index contributed by atoms with van der Waals surface area (Å²) in [6, 6.07) is 15.5. The van der Waals surface area contributed by atoms with Crippen molar-refractivity contribution < 1.29 is 13.2 Å². The number of nitrogens with one attached hydrogen (secondary N) is 1. The molecule has 1 saturated heterocycles. The monoisotopic (exact) mass is 438 g/mol. The molecule has 1 heterocycles. The summed E-state index contributed by atoms with van der Waals surface area (Å²) in [5, 5.41) is 0. The van der Waals surface area contributed by atoms with Crippen molar-refractivity contribution in [1.82, 2.24) is 9.62 Å². The van der Waals surface area contributed by atoms with Crippen LogP contribution in [0.1, 0.15) is 11.1 Å². The molecule has 1 atom stereocenters. The van der Waals surface area contributed by atoms with Crippen molar-refractivity contribution in [2.75, 3.05) is 26.2 Å². The van der Waals surface area contributed by atoms with Gasteiger partial charge in [0.1, 0.15) is 0 Å². The molecule has 0 aromatic heterocycles. The predicted octanol–water partition coefficient (Wildman–Crippen LogP) is 2.94. The maximum absolute atomic E-state index is 12.6. The molecule has 7 heteroatoms. The number of hydrogen-bond donors (Lipinski definition) is 1. The lowest BCUT2D eigenvalue weighted by Crippen LogP contribution is -2.47. The van der Waals surface area contributed by atoms with Crippen LogP contribution in [0.4, 0.5) is 0 Å². The van der Waals surface area contributed by atoms with E-state index in [2.05, 4.69) is 37.7 Å². The highest BCUT2D eigenvalue weighted by molar-refractivity contribution is 9.10. The topological polar surface area (TPSA) is 58.6 Å². The molecular weight excluding hydrogens is 416 g/mol. The Kier molecular flexibility index (Phi) is 6.47. The van der Waals surface area contributed by atoms with Crippen LogP contribution in [0.5, 0.6) is 0 Å². The maximum atomic E-state index is 12.6. The van der Waals surface area contributed by atoms with Crippen molar-refractivity contribution in [3.05, 3.63) is 64.1 Å². The molecule has 1 aliphatic heterocycles. The van der Waals surface area contributed by atoms with Crippen molar-refractivity contribution in [3.8, 4) is 0 Å². The molecule has 0 unspecified atom stereocenters. The van der Waals surface area contributed by atoms with Gasteiger partial charge in [0.05, 0.1) is 17.6 Å². The molecule has 26 heavy (non-hydrogen) atoms. The van der Waals surface area contributed by atoms with Crippen LogP contribution >= 0.6 is 15.9 Å². The van der Waals surface area contributed by atoms with E-state index in [9.17, 15) is 8.42 Å². The van der Waals surface area contributed by atoms with Crippen LogP contribution in [0.2, 0.25) is 0 Å². The Morgan fingerprint density at radius 1 is 1.23 bits per heavy atom. The molecule has 3 rings (SSSR count). The van der Waals surface area contributed by atoms with Crippen LogP contribution in [-0.2, 0) is 21.3 Å². The zero-order chi connectivity index (χ0) is 18.6. The lowest BCUT2D eigenvalue weighted by Gasteiger charge is -2.33. The summed E-state index contributed by atoms with van der Waals surface area (Å²) in [6.07, 6.45) is -0.161. The molecule has 140 valence electrons. The highest BCUT2D eigenvalue weighted by Gasteiger charge is 2.24. The Hall–Kier alpha value is -1.25. The minimum atomic E-state index is -3.58. The number of nitrogens with zero attached hydrogens (tertiary/aromatic N) is 1. The van der Waals surface area contributed by atoms with Gasteiger partial charge in [0, 0.05) is 30.7 Å². The highest BCUT2D eigenvalue weighted by atomic mass is 79.9. The first-order valence-corrected chi connectivity index (χ1v) is 10.9. The Morgan fingerprint density at radius 3 is 2.73 bits per heavy atom. The van der Waals surface area contributed by atoms with Gasteiger partial charge < -0.3 is 4.74 Å². The molecular formula is C19H23BrN2O3S. The second kappa shape index (κ2) is 8.63. The quantitative estimate of drug-likeness (QED) is 0.752. The SMILES string of the molecule is Cc1ccc(S(=O)(=O)NC[C@@H]2CN(Cc3ccccc3)CCO2)c(Br)c1. The molecule has 0 bridgehead atoms. The number of sulfonamides is 1. The second-order valence-electron chi connectivity index (χ2n) is 6.50. The molecule has 0 spiro atoms. The van der Waals surface area contributed by atoms with Crippen LogP contribution in [0.25, 0.3) is 0 Å². The van der Waals surface area contributed by atoms with Gasteiger partial charge in [-0.3, -0.25) is 4.90 Å². The Morgan fingerprint density at radius 2 is 2.00 bits per heavy atom. The molecule has 0 aliphatic carbocycles. The second-order valence-corrected chi connectivity index (χ2v) is 9.09. The van der Waals surface area contributed by atoms with E-state index in [4.69, 9.17) is 4.74 Å². The lowest BCUT2D eigenvalue weighted by atomic mass is 10.2. The first-order chi connectivity index (χ1) is 12.4. The smallest absolute Gasteiger partial charge is 0.241 e. The number of halogens is 1. The summed E-state index contributed by atoms with van der Waals surface area (Å²) in [4.78, 5) is 2.54. The standard InChI is InChI=1S/C19H23BrN2O3S/c1-15-7-8-19(18(20)11-15)26(23,24)21-12-17-14-22(9-10-25-17)13-16-5-3-2-4-6-16/h2-8,11,17,21H,9-10,12-14H2,1H3/t17-/m1/s1. The van der Waals surface area contributed by atoms with Gasteiger partial charge >= 0.3 is 0 Å². The Labute approximate surface area is 163 Å². The first kappa shape index (κ1) is 19.5. The van der Waals surface area contributed by atoms with Gasteiger partial charge in [-0.05, 0) is 46.1 Å². The van der Waals surface area contributed by atoms with E-state index < -0.39 is 10.0 Å². The van der Waals surface area contributed by atoms with E-state index in [1.54, 1.807) is 18.2 Å². The fraction of sp³-hybridized carbons (Fsp3) is 0.368. The summed E-state index contributed by atoms with van der Waals surface area (Å²) < 4.78 is 34.1. The largest absolute Gasteiger partial charge is 0.374 e. The number of ether oxygens (including phenoxy) is 1. The fourth-order valence-corrected chi connectivity index (χ4v) is 5.25. The van der Waals surface area contributed by atoms with Gasteiger partial charge in [0.2, 0.25) is 10.0 Å². The summed E-state index contributed by atoms with van der Waals surface area (Å²) >= 11 is 3.34. The average molecular weight is 439 g/mol. The van der Waals surface area contributed by atoms with Crippen LogP contribution in [0, 0.1) is 6.92 Å². The van der Waals surface area contributed by atoms with Gasteiger partial charge in [-0.1, -0.05) is 36.4 Å². The zero-order valence-corrected chi connectivity index (χ0v) is 17.1. The maximum Gasteiger partial charge on any atom is 0.241 e. The predicted molar refractivity (Wildman–Crippen MR) is 106 cm³/mol. The summed E-state index contributed by atoms with van der Waals surface area (Å²) in [7, 11) is -3.58. The molecule has 1 N–H and O–H groups in total. The number of hydrogen-bond acceptors (Lipinski definition) is 4. The normalized spacial score (nSPS) is 18.8. The van der Waals surface area contributed by atoms with E-state index in [-0.39, 0.29) is 17.5 Å². The van der Waals surface area contributed by atoms with Crippen LogP contribution in [-0.4, -0.2) is 45.7 Å². The number of aryl methyl sites for hydroxylation is 1. The summed E-state index contributed by atoms with van der Waals surface area (Å²) in [6.45, 7) is 5.18. The van der Waals surface area contributed by atoms with Gasteiger partial charge in [-0.2, -0.15) is 0 Å². The fourth-order valence-electron chi connectivity index (χ4n) is 2.99. The van der Waals surface area contributed by atoms with Crippen molar-refractivity contribution in [3.63, 3.8) is 0 Å². The minimum absolute atomic E-state index is 0.161. The van der Waals surface area contributed by atoms with E-state index in [0.29, 0.717) is 17.6 Å². The van der Waals surface area contributed by atoms with Gasteiger partial charge in [-0.25, -0.2) is 13.1 Å². The first-order valence-electron chi connectivity index (χ1n) is 8.58. The van der Waals surface area contributed by atoms with Crippen LogP contribution in [0.15, 0.2) is 57.9 Å². The van der Waals surface area contributed by atoms with Crippen molar-refractivity contribution in [2.45, 2.75) is 24.5 Å². The Bertz CT molecular complexity index is 843. The lowest BCUT2D eigenvalue weighted by molar-refractivity contribution is -0.0276. The Balaban J connectivity index is 1.58. The number of rotatable bonds is 6. The molecule has 0 saturated carbocycles. The summed E-state index contributed by atoms with van der Waals surface area (Å²) in [5.74, 6) is 0. The van der Waals surface area contributed by atoms with E-state index in [1.165, 1.54) is 5.56 Å². The van der Waals surface area contributed by atoms with E-state index >= 15 is 0 Å². The molecule has 5 nitrogen and oxygen atoms in total. The average Bonchev–Trinajstić information content (AvgIpc) is 2.61. The van der Waals surface area contributed by atoms with Gasteiger partial charge in [0.15, 0.2) is 0 Å². The minimum Gasteiger partial charge on any atom is -0.374 e. The third kappa shape index (κ3) is 5.14. The zero-order valence-electron chi connectivity index (χ0n) is 14.7. The molecule has 0 radical (unpaired) electrons. The molecule has 0 amide bonds. The van der Waals surface area contributed by atoms with E-state index in [1.807, 2.05) is 25.1 Å². The highest BCUT2D eigenvalue weighted by Crippen LogP contribution is 2.23. The van der Waals surface area contributed by atoms with E-state index in [0.717, 1.165) is 18.7 Å². The molecule has 2 aromatic rings. The number of benzene rings is 2. The van der Waals surface area contributed by atoms with Gasteiger partial charge in [-0.15, -0.1) is 0 Å². The molecule has 1 fully saturated rings. The summed E-state index contributed by atoms with van der Waals surface area (Å²) in [5.41, 5.74) is 2.25. The van der Waals surface area contributed by atoms with Crippen molar-refractivity contribution in [2.24, 2.45) is 0 Å². The third-order valence-electron chi connectivity index (χ3n) is 4.35. The molecule has 2 aromatic carbocycles. The van der Waals surface area contributed by atoms with Crippen molar-refractivity contribution in [1.29, 1.82) is 0 Å². The molecule has 1 aliphatic rings. The van der Waals surface area contributed by atoms with Crippen molar-refractivity contribution >= 4 is 26.0 Å².